The molecule has 2 atom stereocenters. The van der Waals surface area contributed by atoms with E-state index in [-0.39, 0.29) is 12.2 Å². The molecule has 108 valence electrons. The number of alkyl halides is 3. The Bertz CT molecular complexity index is 441. The monoisotopic (exact) mass is 278 g/mol. The summed E-state index contributed by atoms with van der Waals surface area (Å²) >= 11 is 0. The molecule has 0 radical (unpaired) electrons. The zero-order valence-electron chi connectivity index (χ0n) is 11.2. The van der Waals surface area contributed by atoms with Gasteiger partial charge in [0.25, 0.3) is 0 Å². The lowest BCUT2D eigenvalue weighted by molar-refractivity contribution is -0.197. The van der Waals surface area contributed by atoms with Crippen molar-refractivity contribution >= 4 is 11.8 Å². The Hall–Kier alpha value is -1.07. The van der Waals surface area contributed by atoms with Crippen LogP contribution in [-0.4, -0.2) is 24.5 Å². The van der Waals surface area contributed by atoms with Gasteiger partial charge in [-0.15, -0.1) is 0 Å². The number of hydrogen-bond donors (Lipinski definition) is 0. The first-order chi connectivity index (χ1) is 8.46. The maximum atomic E-state index is 12.1. The first kappa shape index (κ1) is 14.3. The Morgan fingerprint density at radius 1 is 1.26 bits per heavy atom. The number of ether oxygens (including phenoxy) is 1. The standard InChI is InChI=1S/C13H17F3O3/c1-10(2)11(3)4-5-12(10,6-8(11)17)9(18)19-7-13(14,15)16/h4-7H2,1-3H3. The SMILES string of the molecule is CC12CCC(C(=O)OCC(F)(F)F)(CC1=O)C2(C)C. The maximum Gasteiger partial charge on any atom is 0.422 e. The number of halogens is 3. The Morgan fingerprint density at radius 3 is 2.21 bits per heavy atom. The number of carbonyl (C=O) groups excluding carboxylic acids is 2. The third-order valence-corrected chi connectivity index (χ3v) is 5.46. The van der Waals surface area contributed by atoms with Crippen LogP contribution >= 0.6 is 0 Å². The molecule has 0 aromatic heterocycles. The van der Waals surface area contributed by atoms with E-state index in [4.69, 9.17) is 0 Å². The first-order valence-corrected chi connectivity index (χ1v) is 6.24. The van der Waals surface area contributed by atoms with Gasteiger partial charge in [-0.3, -0.25) is 9.59 Å². The molecule has 0 saturated heterocycles. The van der Waals surface area contributed by atoms with Gasteiger partial charge >= 0.3 is 12.1 Å². The molecular formula is C13H17F3O3. The molecule has 0 aromatic rings. The van der Waals surface area contributed by atoms with Crippen molar-refractivity contribution < 1.29 is 27.5 Å². The highest BCUT2D eigenvalue weighted by molar-refractivity contribution is 5.98. The van der Waals surface area contributed by atoms with Gasteiger partial charge in [0.15, 0.2) is 6.61 Å². The highest BCUT2D eigenvalue weighted by atomic mass is 19.4. The summed E-state index contributed by atoms with van der Waals surface area (Å²) in [7, 11) is 0. The second-order valence-corrected chi connectivity index (χ2v) is 6.33. The summed E-state index contributed by atoms with van der Waals surface area (Å²) in [6.45, 7) is 3.76. The predicted octanol–water partition coefficient (Wildman–Crippen LogP) is 2.88. The molecule has 0 aliphatic heterocycles. The van der Waals surface area contributed by atoms with E-state index in [1.54, 1.807) is 20.8 Å². The van der Waals surface area contributed by atoms with Crippen LogP contribution in [0.4, 0.5) is 13.2 Å². The van der Waals surface area contributed by atoms with Crippen molar-refractivity contribution in [1.82, 2.24) is 0 Å². The van der Waals surface area contributed by atoms with Gasteiger partial charge in [-0.1, -0.05) is 20.8 Å². The van der Waals surface area contributed by atoms with Gasteiger partial charge in [0.1, 0.15) is 5.78 Å². The molecule has 2 unspecified atom stereocenters. The molecular weight excluding hydrogens is 261 g/mol. The minimum absolute atomic E-state index is 0.00676. The Labute approximate surface area is 109 Å². The number of carbonyl (C=O) groups is 2. The zero-order chi connectivity index (χ0) is 14.7. The lowest BCUT2D eigenvalue weighted by atomic mass is 9.65. The first-order valence-electron chi connectivity index (χ1n) is 6.24. The van der Waals surface area contributed by atoms with Crippen LogP contribution in [-0.2, 0) is 14.3 Å². The average Bonchev–Trinajstić information content (AvgIpc) is 2.55. The lowest BCUT2D eigenvalue weighted by Gasteiger charge is -2.37. The van der Waals surface area contributed by atoms with E-state index >= 15 is 0 Å². The van der Waals surface area contributed by atoms with Gasteiger partial charge in [0.05, 0.1) is 5.41 Å². The summed E-state index contributed by atoms with van der Waals surface area (Å²) in [5, 5.41) is 0. The van der Waals surface area contributed by atoms with Gasteiger partial charge in [0, 0.05) is 11.8 Å². The molecule has 0 amide bonds. The average molecular weight is 278 g/mol. The molecule has 2 aliphatic rings. The summed E-state index contributed by atoms with van der Waals surface area (Å²) in [6.07, 6.45) is -3.60. The second-order valence-electron chi connectivity index (χ2n) is 6.33. The highest BCUT2D eigenvalue weighted by Crippen LogP contribution is 2.70. The maximum absolute atomic E-state index is 12.1. The van der Waals surface area contributed by atoms with E-state index in [1.165, 1.54) is 0 Å². The van der Waals surface area contributed by atoms with Crippen LogP contribution in [0.2, 0.25) is 0 Å². The highest BCUT2D eigenvalue weighted by Gasteiger charge is 2.73. The van der Waals surface area contributed by atoms with E-state index in [0.29, 0.717) is 12.8 Å². The summed E-state index contributed by atoms with van der Waals surface area (Å²) < 4.78 is 40.9. The van der Waals surface area contributed by atoms with Crippen molar-refractivity contribution in [3.63, 3.8) is 0 Å². The Kier molecular flexibility index (Phi) is 2.82. The van der Waals surface area contributed by atoms with Gasteiger partial charge < -0.3 is 4.74 Å². The Morgan fingerprint density at radius 2 is 1.84 bits per heavy atom. The van der Waals surface area contributed by atoms with E-state index < -0.39 is 35.0 Å². The zero-order valence-corrected chi connectivity index (χ0v) is 11.2. The van der Waals surface area contributed by atoms with Crippen molar-refractivity contribution in [1.29, 1.82) is 0 Å². The second kappa shape index (κ2) is 3.73. The van der Waals surface area contributed by atoms with Crippen molar-refractivity contribution in [3.05, 3.63) is 0 Å². The van der Waals surface area contributed by atoms with Crippen LogP contribution in [0.15, 0.2) is 0 Å². The molecule has 3 nitrogen and oxygen atoms in total. The van der Waals surface area contributed by atoms with Crippen molar-refractivity contribution in [2.75, 3.05) is 6.61 Å². The lowest BCUT2D eigenvalue weighted by Crippen LogP contribution is -2.42. The molecule has 2 fully saturated rings. The molecule has 6 heteroatoms. The number of hydrogen-bond acceptors (Lipinski definition) is 3. The third-order valence-electron chi connectivity index (χ3n) is 5.46. The third kappa shape index (κ3) is 1.71. The molecule has 2 rings (SSSR count). The number of ketones is 1. The summed E-state index contributed by atoms with van der Waals surface area (Å²) in [5.74, 6) is -0.933. The fourth-order valence-electron chi connectivity index (χ4n) is 3.60. The molecule has 0 N–H and O–H groups in total. The molecule has 2 aliphatic carbocycles. The Balaban J connectivity index is 2.25. The summed E-state index contributed by atoms with van der Waals surface area (Å²) in [4.78, 5) is 24.2. The number of esters is 1. The molecule has 0 heterocycles. The van der Waals surface area contributed by atoms with Crippen LogP contribution in [0.1, 0.15) is 40.0 Å². The predicted molar refractivity (Wildman–Crippen MR) is 60.2 cm³/mol. The van der Waals surface area contributed by atoms with Crippen LogP contribution in [0, 0.1) is 16.2 Å². The van der Waals surface area contributed by atoms with Gasteiger partial charge in [0.2, 0.25) is 0 Å². The van der Waals surface area contributed by atoms with Crippen LogP contribution in [0.5, 0.6) is 0 Å². The van der Waals surface area contributed by atoms with Gasteiger partial charge in [-0.05, 0) is 18.3 Å². The molecule has 0 aromatic carbocycles. The quantitative estimate of drug-likeness (QED) is 0.729. The molecule has 2 bridgehead atoms. The number of rotatable bonds is 2. The fourth-order valence-corrected chi connectivity index (χ4v) is 3.60. The topological polar surface area (TPSA) is 43.4 Å². The van der Waals surface area contributed by atoms with Crippen molar-refractivity contribution in [2.24, 2.45) is 16.2 Å². The summed E-state index contributed by atoms with van der Waals surface area (Å²) in [5.41, 5.74) is -2.39. The molecule has 19 heavy (non-hydrogen) atoms. The molecule has 2 saturated carbocycles. The van der Waals surface area contributed by atoms with E-state index in [0.717, 1.165) is 0 Å². The fraction of sp³-hybridized carbons (Fsp3) is 0.846. The smallest absolute Gasteiger partial charge is 0.422 e. The normalized spacial score (nSPS) is 36.6. The largest absolute Gasteiger partial charge is 0.456 e. The minimum Gasteiger partial charge on any atom is -0.456 e. The number of Topliss-reactive ketones (excluding diaryl/α,β-unsaturated/α-hetero) is 1. The van der Waals surface area contributed by atoms with Gasteiger partial charge in [-0.25, -0.2) is 0 Å². The van der Waals surface area contributed by atoms with E-state index in [1.807, 2.05) is 0 Å². The van der Waals surface area contributed by atoms with Crippen molar-refractivity contribution in [3.8, 4) is 0 Å². The van der Waals surface area contributed by atoms with Gasteiger partial charge in [-0.2, -0.15) is 13.2 Å². The van der Waals surface area contributed by atoms with E-state index in [2.05, 4.69) is 4.74 Å². The van der Waals surface area contributed by atoms with E-state index in [9.17, 15) is 22.8 Å². The summed E-state index contributed by atoms with van der Waals surface area (Å²) in [6, 6.07) is 0. The van der Waals surface area contributed by atoms with Crippen molar-refractivity contribution in [2.45, 2.75) is 46.2 Å². The van der Waals surface area contributed by atoms with Crippen LogP contribution in [0.25, 0.3) is 0 Å². The minimum atomic E-state index is -4.54. The van der Waals surface area contributed by atoms with Crippen LogP contribution in [0.3, 0.4) is 0 Å². The number of fused-ring (bicyclic) bond motifs is 2. The van der Waals surface area contributed by atoms with Crippen LogP contribution < -0.4 is 0 Å². The molecule has 0 spiro atoms.